The Morgan fingerprint density at radius 3 is 1.10 bits per heavy atom. The number of hydrogen-bond donors (Lipinski definition) is 0. The summed E-state index contributed by atoms with van der Waals surface area (Å²) in [5.74, 6) is -0.935. The van der Waals surface area contributed by atoms with Crippen LogP contribution in [0.25, 0.3) is 0 Å². The van der Waals surface area contributed by atoms with Crippen molar-refractivity contribution in [2.24, 2.45) is 0 Å². The van der Waals surface area contributed by atoms with Gasteiger partial charge in [0, 0.05) is 19.3 Å². The van der Waals surface area contributed by atoms with Crippen LogP contribution in [0.15, 0.2) is 85.1 Å². The molecule has 0 radical (unpaired) electrons. The fourth-order valence-corrected chi connectivity index (χ4v) is 6.66. The highest BCUT2D eigenvalue weighted by Crippen LogP contribution is 2.13. The predicted octanol–water partition coefficient (Wildman–Crippen LogP) is 16.4. The molecule has 6 nitrogen and oxygen atoms in total. The normalized spacial score (nSPS) is 12.8. The van der Waals surface area contributed by atoms with Crippen molar-refractivity contribution in [1.82, 2.24) is 0 Å². The summed E-state index contributed by atoms with van der Waals surface area (Å²) < 4.78 is 16.7. The van der Waals surface area contributed by atoms with Crippen LogP contribution >= 0.6 is 0 Å². The van der Waals surface area contributed by atoms with E-state index >= 15 is 0 Å². The monoisotopic (exact) mass is 849 g/mol. The van der Waals surface area contributed by atoms with E-state index in [2.05, 4.69) is 106 Å². The second-order valence-corrected chi connectivity index (χ2v) is 16.3. The fraction of sp³-hybridized carbons (Fsp3) is 0.691. The molecule has 0 heterocycles. The fourth-order valence-electron chi connectivity index (χ4n) is 6.66. The van der Waals surface area contributed by atoms with Crippen molar-refractivity contribution in [3.05, 3.63) is 85.1 Å². The van der Waals surface area contributed by atoms with Crippen LogP contribution in [-0.2, 0) is 28.6 Å². The third-order valence-electron chi connectivity index (χ3n) is 10.4. The molecule has 0 aliphatic rings. The topological polar surface area (TPSA) is 78.9 Å². The first-order valence-electron chi connectivity index (χ1n) is 25.1. The molecule has 61 heavy (non-hydrogen) atoms. The molecular formula is C55H92O6. The van der Waals surface area contributed by atoms with Crippen molar-refractivity contribution < 1.29 is 28.6 Å². The van der Waals surface area contributed by atoms with Crippen molar-refractivity contribution >= 4 is 17.9 Å². The van der Waals surface area contributed by atoms with Crippen LogP contribution in [-0.4, -0.2) is 37.2 Å². The second kappa shape index (κ2) is 49.2. The molecule has 0 aromatic rings. The molecule has 0 aliphatic heterocycles. The van der Waals surface area contributed by atoms with E-state index in [9.17, 15) is 14.4 Å². The molecule has 6 heteroatoms. The summed E-state index contributed by atoms with van der Waals surface area (Å²) in [6.07, 6.45) is 62.7. The van der Waals surface area contributed by atoms with Gasteiger partial charge in [-0.2, -0.15) is 0 Å². The number of hydrogen-bond acceptors (Lipinski definition) is 6. The summed E-state index contributed by atoms with van der Waals surface area (Å²) >= 11 is 0. The number of unbranched alkanes of at least 4 members (excludes halogenated alkanes) is 20. The molecule has 0 aromatic carbocycles. The highest BCUT2D eigenvalue weighted by molar-refractivity contribution is 5.71. The van der Waals surface area contributed by atoms with E-state index in [0.717, 1.165) is 128 Å². The Labute approximate surface area is 375 Å². The molecule has 0 N–H and O–H groups in total. The molecule has 0 aromatic heterocycles. The maximum atomic E-state index is 12.8. The lowest BCUT2D eigenvalue weighted by Gasteiger charge is -2.18. The lowest BCUT2D eigenvalue weighted by Crippen LogP contribution is -2.30. The number of ether oxygens (including phenoxy) is 3. The van der Waals surface area contributed by atoms with Gasteiger partial charge in [0.1, 0.15) is 13.2 Å². The molecule has 0 amide bonds. The summed E-state index contributed by atoms with van der Waals surface area (Å²) in [5.41, 5.74) is 0. The number of carbonyl (C=O) groups is 3. The van der Waals surface area contributed by atoms with Crippen molar-refractivity contribution in [3.8, 4) is 0 Å². The number of carbonyl (C=O) groups excluding carboxylic acids is 3. The van der Waals surface area contributed by atoms with E-state index in [0.29, 0.717) is 19.3 Å². The van der Waals surface area contributed by atoms with Crippen molar-refractivity contribution in [2.45, 2.75) is 232 Å². The van der Waals surface area contributed by atoms with Gasteiger partial charge < -0.3 is 14.2 Å². The second-order valence-electron chi connectivity index (χ2n) is 16.3. The van der Waals surface area contributed by atoms with Gasteiger partial charge >= 0.3 is 17.9 Å². The van der Waals surface area contributed by atoms with E-state index in [-0.39, 0.29) is 31.1 Å². The van der Waals surface area contributed by atoms with Gasteiger partial charge in [0.2, 0.25) is 0 Å². The zero-order valence-electron chi connectivity index (χ0n) is 39.7. The molecule has 0 spiro atoms. The average Bonchev–Trinajstić information content (AvgIpc) is 3.26. The SMILES string of the molecule is CC/C=C\C/C=C\C/C=C\CCCCCCCCC(=O)OCC(COC(=O)CCCCCCC/C=C\C/C=C\CC)OC(=O)CCCCCCCC/C=C\C=C/CCCCC. The third-order valence-corrected chi connectivity index (χ3v) is 10.4. The molecule has 1 atom stereocenters. The highest BCUT2D eigenvalue weighted by atomic mass is 16.6. The first-order valence-corrected chi connectivity index (χ1v) is 25.1. The van der Waals surface area contributed by atoms with E-state index in [4.69, 9.17) is 14.2 Å². The molecular weight excluding hydrogens is 757 g/mol. The average molecular weight is 849 g/mol. The zero-order valence-corrected chi connectivity index (χ0v) is 39.7. The van der Waals surface area contributed by atoms with Gasteiger partial charge in [0.25, 0.3) is 0 Å². The van der Waals surface area contributed by atoms with Crippen molar-refractivity contribution in [2.75, 3.05) is 13.2 Å². The third kappa shape index (κ3) is 47.5. The summed E-state index contributed by atoms with van der Waals surface area (Å²) in [4.78, 5) is 37.9. The summed E-state index contributed by atoms with van der Waals surface area (Å²) in [6, 6.07) is 0. The first kappa shape index (κ1) is 57.6. The van der Waals surface area contributed by atoms with Gasteiger partial charge in [-0.25, -0.2) is 0 Å². The van der Waals surface area contributed by atoms with Gasteiger partial charge in [-0.1, -0.05) is 189 Å². The quantitative estimate of drug-likeness (QED) is 0.0200. The van der Waals surface area contributed by atoms with E-state index < -0.39 is 6.10 Å². The minimum absolute atomic E-state index is 0.0937. The molecule has 0 fully saturated rings. The standard InChI is InChI=1S/C55H92O6/c1-4-7-10-13-16-19-22-25-27-29-30-33-36-39-42-45-48-54(57)60-51-52(50-59-53(56)47-44-41-38-35-32-24-21-18-15-12-9-6-3)61-55(58)49-46-43-40-37-34-31-28-26-23-20-17-14-11-8-5-2/h7,9-10,12,16-21,23,25-27,52H,4-6,8,11,13-15,22,24,28-51H2,1-3H3/b10-7-,12-9-,19-16-,20-17-,21-18-,26-23-,27-25-. The molecule has 1 unspecified atom stereocenters. The number of allylic oxidation sites excluding steroid dienone is 14. The van der Waals surface area contributed by atoms with Crippen LogP contribution in [0.3, 0.4) is 0 Å². The van der Waals surface area contributed by atoms with Gasteiger partial charge in [0.05, 0.1) is 0 Å². The Hall–Kier alpha value is -3.41. The molecule has 0 aliphatic carbocycles. The predicted molar refractivity (Wildman–Crippen MR) is 261 cm³/mol. The van der Waals surface area contributed by atoms with Crippen LogP contribution < -0.4 is 0 Å². The van der Waals surface area contributed by atoms with Gasteiger partial charge in [-0.3, -0.25) is 14.4 Å². The van der Waals surface area contributed by atoms with Crippen LogP contribution in [0.1, 0.15) is 226 Å². The number of esters is 3. The van der Waals surface area contributed by atoms with Crippen molar-refractivity contribution in [3.63, 3.8) is 0 Å². The van der Waals surface area contributed by atoms with Crippen LogP contribution in [0.2, 0.25) is 0 Å². The largest absolute Gasteiger partial charge is 0.462 e. The van der Waals surface area contributed by atoms with Gasteiger partial charge in [-0.05, 0) is 103 Å². The highest BCUT2D eigenvalue weighted by Gasteiger charge is 2.19. The van der Waals surface area contributed by atoms with Crippen LogP contribution in [0, 0.1) is 0 Å². The Bertz CT molecular complexity index is 1200. The minimum Gasteiger partial charge on any atom is -0.462 e. The molecule has 0 saturated heterocycles. The minimum atomic E-state index is -0.793. The van der Waals surface area contributed by atoms with E-state index in [1.165, 1.54) is 57.8 Å². The Morgan fingerprint density at radius 2 is 0.689 bits per heavy atom. The van der Waals surface area contributed by atoms with Gasteiger partial charge in [0.15, 0.2) is 6.10 Å². The molecule has 0 rings (SSSR count). The Kier molecular flexibility index (Phi) is 46.5. The van der Waals surface area contributed by atoms with Crippen LogP contribution in [0.4, 0.5) is 0 Å². The Morgan fingerprint density at radius 1 is 0.361 bits per heavy atom. The Balaban J connectivity index is 4.44. The van der Waals surface area contributed by atoms with Crippen molar-refractivity contribution in [1.29, 1.82) is 0 Å². The lowest BCUT2D eigenvalue weighted by atomic mass is 10.1. The molecule has 0 bridgehead atoms. The first-order chi connectivity index (χ1) is 30.0. The zero-order chi connectivity index (χ0) is 44.4. The maximum Gasteiger partial charge on any atom is 0.306 e. The van der Waals surface area contributed by atoms with Crippen LogP contribution in [0.5, 0.6) is 0 Å². The molecule has 348 valence electrons. The summed E-state index contributed by atoms with van der Waals surface area (Å²) in [5, 5.41) is 0. The summed E-state index contributed by atoms with van der Waals surface area (Å²) in [6.45, 7) is 6.34. The summed E-state index contributed by atoms with van der Waals surface area (Å²) in [7, 11) is 0. The van der Waals surface area contributed by atoms with Gasteiger partial charge in [-0.15, -0.1) is 0 Å². The lowest BCUT2D eigenvalue weighted by molar-refractivity contribution is -0.167. The smallest absolute Gasteiger partial charge is 0.306 e. The van der Waals surface area contributed by atoms with E-state index in [1.54, 1.807) is 0 Å². The maximum absolute atomic E-state index is 12.8. The molecule has 0 saturated carbocycles. The van der Waals surface area contributed by atoms with E-state index in [1.807, 2.05) is 0 Å². The number of rotatable bonds is 44.